The van der Waals surface area contributed by atoms with Crippen LogP contribution in [0.2, 0.25) is 0 Å². The Hall–Kier alpha value is -2.41. The zero-order valence-corrected chi connectivity index (χ0v) is 15.4. The highest BCUT2D eigenvalue weighted by Crippen LogP contribution is 2.24. The molecule has 0 radical (unpaired) electrons. The maximum atomic E-state index is 13.3. The minimum atomic E-state index is -0.243. The first-order valence-electron chi connectivity index (χ1n) is 8.99. The molecule has 140 valence electrons. The smallest absolute Gasteiger partial charge is 0.317 e. The first-order valence-corrected chi connectivity index (χ1v) is 8.99. The molecule has 3 rings (SSSR count). The predicted octanol–water partition coefficient (Wildman–Crippen LogP) is 2.54. The molecule has 2 heterocycles. The summed E-state index contributed by atoms with van der Waals surface area (Å²) in [6.07, 6.45) is 5.90. The van der Waals surface area contributed by atoms with Gasteiger partial charge in [-0.2, -0.15) is 0 Å². The molecule has 2 amide bonds. The first-order chi connectivity index (χ1) is 12.5. The minimum absolute atomic E-state index is 0.0589. The van der Waals surface area contributed by atoms with Crippen LogP contribution in [-0.4, -0.2) is 52.1 Å². The van der Waals surface area contributed by atoms with Crippen LogP contribution in [0.5, 0.6) is 0 Å². The summed E-state index contributed by atoms with van der Waals surface area (Å²) in [7, 11) is 3.67. The molecule has 0 bridgehead atoms. The fraction of sp³-hybridized carbons (Fsp3) is 0.474. The molecule has 0 aliphatic carbocycles. The van der Waals surface area contributed by atoms with Crippen LogP contribution in [0.25, 0.3) is 0 Å². The Labute approximate surface area is 153 Å². The van der Waals surface area contributed by atoms with E-state index in [1.807, 2.05) is 29.9 Å². The number of nitrogens with zero attached hydrogens (tertiary/aromatic N) is 4. The Balaban J connectivity index is 1.62. The second-order valence-electron chi connectivity index (χ2n) is 6.81. The van der Waals surface area contributed by atoms with Crippen LogP contribution in [0, 0.1) is 5.82 Å². The lowest BCUT2D eigenvalue weighted by molar-refractivity contribution is 0.194. The highest BCUT2D eigenvalue weighted by molar-refractivity contribution is 5.73. The number of rotatable bonds is 6. The van der Waals surface area contributed by atoms with Crippen molar-refractivity contribution in [3.05, 3.63) is 53.9 Å². The molecule has 0 spiro atoms. The Bertz CT molecular complexity index is 724. The van der Waals surface area contributed by atoms with Crippen LogP contribution in [0.15, 0.2) is 36.7 Å². The number of carbonyl (C=O) groups excluding carboxylic acids is 1. The molecule has 0 saturated carbocycles. The Morgan fingerprint density at radius 3 is 2.62 bits per heavy atom. The van der Waals surface area contributed by atoms with Gasteiger partial charge >= 0.3 is 6.03 Å². The molecule has 1 aromatic carbocycles. The summed E-state index contributed by atoms with van der Waals surface area (Å²) < 4.78 is 15.2. The van der Waals surface area contributed by atoms with Gasteiger partial charge in [0.15, 0.2) is 0 Å². The number of aromatic nitrogens is 2. The number of aryl methyl sites for hydroxylation is 1. The van der Waals surface area contributed by atoms with Crippen LogP contribution in [0.1, 0.15) is 30.3 Å². The van der Waals surface area contributed by atoms with Crippen molar-refractivity contribution < 1.29 is 9.18 Å². The molecule has 7 heteroatoms. The van der Waals surface area contributed by atoms with E-state index in [4.69, 9.17) is 0 Å². The summed E-state index contributed by atoms with van der Waals surface area (Å²) in [5, 5.41) is 3.02. The third kappa shape index (κ3) is 4.40. The van der Waals surface area contributed by atoms with E-state index in [0.717, 1.165) is 37.3 Å². The van der Waals surface area contributed by atoms with E-state index in [1.54, 1.807) is 18.1 Å². The van der Waals surface area contributed by atoms with Crippen molar-refractivity contribution in [2.75, 3.05) is 26.7 Å². The summed E-state index contributed by atoms with van der Waals surface area (Å²) >= 11 is 0. The van der Waals surface area contributed by atoms with E-state index in [1.165, 1.54) is 12.1 Å². The van der Waals surface area contributed by atoms with Crippen molar-refractivity contribution in [3.8, 4) is 0 Å². The average molecular weight is 359 g/mol. The van der Waals surface area contributed by atoms with Gasteiger partial charge in [0.1, 0.15) is 11.6 Å². The van der Waals surface area contributed by atoms with Gasteiger partial charge < -0.3 is 14.8 Å². The molecular formula is C19H26FN5O. The van der Waals surface area contributed by atoms with Crippen LogP contribution < -0.4 is 5.32 Å². The Morgan fingerprint density at radius 2 is 2.00 bits per heavy atom. The molecule has 2 aromatic rings. The standard InChI is InChI=1S/C19H26FN5O/c1-23-12-9-21-18(23)14-24(2)19(26)22-13-17(25-10-3-4-11-25)15-5-7-16(20)8-6-15/h5-9,12,17H,3-4,10-11,13-14H2,1-2H3,(H,22,26)/t17-/m1/s1. The number of imidazole rings is 1. The molecule has 26 heavy (non-hydrogen) atoms. The number of likely N-dealkylation sites (tertiary alicyclic amines) is 1. The normalized spacial score (nSPS) is 15.8. The van der Waals surface area contributed by atoms with Crippen molar-refractivity contribution in [3.63, 3.8) is 0 Å². The molecule has 0 unspecified atom stereocenters. The predicted molar refractivity (Wildman–Crippen MR) is 98.0 cm³/mol. The van der Waals surface area contributed by atoms with Crippen molar-refractivity contribution in [1.82, 2.24) is 24.7 Å². The zero-order chi connectivity index (χ0) is 18.5. The maximum Gasteiger partial charge on any atom is 0.317 e. The molecule has 1 saturated heterocycles. The van der Waals surface area contributed by atoms with Crippen molar-refractivity contribution in [2.45, 2.75) is 25.4 Å². The Kier molecular flexibility index (Phi) is 5.88. The van der Waals surface area contributed by atoms with Crippen LogP contribution in [0.4, 0.5) is 9.18 Å². The van der Waals surface area contributed by atoms with Gasteiger partial charge in [0.2, 0.25) is 0 Å². The number of hydrogen-bond acceptors (Lipinski definition) is 3. The number of benzene rings is 1. The highest BCUT2D eigenvalue weighted by Gasteiger charge is 2.24. The quantitative estimate of drug-likeness (QED) is 0.862. The second-order valence-corrected chi connectivity index (χ2v) is 6.81. The SMILES string of the molecule is CN(Cc1nccn1C)C(=O)NC[C@H](c1ccc(F)cc1)N1CCCC1. The minimum Gasteiger partial charge on any atom is -0.337 e. The van der Waals surface area contributed by atoms with Crippen LogP contribution in [-0.2, 0) is 13.6 Å². The van der Waals surface area contributed by atoms with E-state index in [-0.39, 0.29) is 17.9 Å². The molecule has 1 aromatic heterocycles. The maximum absolute atomic E-state index is 13.3. The molecule has 1 N–H and O–H groups in total. The third-order valence-corrected chi connectivity index (χ3v) is 4.93. The fourth-order valence-corrected chi connectivity index (χ4v) is 3.35. The topological polar surface area (TPSA) is 53.4 Å². The number of carbonyl (C=O) groups is 1. The van der Waals surface area contributed by atoms with Gasteiger partial charge in [-0.1, -0.05) is 12.1 Å². The number of halogens is 1. The largest absolute Gasteiger partial charge is 0.337 e. The lowest BCUT2D eigenvalue weighted by Crippen LogP contribution is -2.42. The van der Waals surface area contributed by atoms with Crippen molar-refractivity contribution in [1.29, 1.82) is 0 Å². The van der Waals surface area contributed by atoms with Crippen LogP contribution in [0.3, 0.4) is 0 Å². The lowest BCUT2D eigenvalue weighted by Gasteiger charge is -2.29. The number of amides is 2. The highest BCUT2D eigenvalue weighted by atomic mass is 19.1. The molecule has 1 fully saturated rings. The lowest BCUT2D eigenvalue weighted by atomic mass is 10.1. The zero-order valence-electron chi connectivity index (χ0n) is 15.4. The summed E-state index contributed by atoms with van der Waals surface area (Å²) in [6, 6.07) is 6.49. The van der Waals surface area contributed by atoms with Gasteiger partial charge in [-0.3, -0.25) is 4.90 Å². The second kappa shape index (κ2) is 8.31. The van der Waals surface area contributed by atoms with Gasteiger partial charge in [0.05, 0.1) is 12.6 Å². The molecule has 1 atom stereocenters. The summed E-state index contributed by atoms with van der Waals surface area (Å²) in [4.78, 5) is 20.7. The summed E-state index contributed by atoms with van der Waals surface area (Å²) in [6.45, 7) is 2.94. The first kappa shape index (κ1) is 18.4. The van der Waals surface area contributed by atoms with Gasteiger partial charge in [-0.05, 0) is 43.6 Å². The summed E-state index contributed by atoms with van der Waals surface area (Å²) in [5.74, 6) is 0.588. The number of urea groups is 1. The average Bonchev–Trinajstić information content (AvgIpc) is 3.29. The van der Waals surface area contributed by atoms with E-state index in [0.29, 0.717) is 13.1 Å². The van der Waals surface area contributed by atoms with Crippen molar-refractivity contribution in [2.24, 2.45) is 7.05 Å². The molecular weight excluding hydrogens is 333 g/mol. The monoisotopic (exact) mass is 359 g/mol. The molecule has 6 nitrogen and oxygen atoms in total. The molecule has 1 aliphatic heterocycles. The third-order valence-electron chi connectivity index (χ3n) is 4.93. The van der Waals surface area contributed by atoms with Gasteiger partial charge in [0, 0.05) is 33.0 Å². The summed E-state index contributed by atoms with van der Waals surface area (Å²) in [5.41, 5.74) is 1.03. The van der Waals surface area contributed by atoms with E-state index in [9.17, 15) is 9.18 Å². The number of nitrogens with one attached hydrogen (secondary N) is 1. The van der Waals surface area contributed by atoms with E-state index < -0.39 is 0 Å². The van der Waals surface area contributed by atoms with E-state index >= 15 is 0 Å². The van der Waals surface area contributed by atoms with Gasteiger partial charge in [-0.25, -0.2) is 14.2 Å². The van der Waals surface area contributed by atoms with Crippen molar-refractivity contribution >= 4 is 6.03 Å². The molecule has 1 aliphatic rings. The van der Waals surface area contributed by atoms with Gasteiger partial charge in [0.25, 0.3) is 0 Å². The number of hydrogen-bond donors (Lipinski definition) is 1. The fourth-order valence-electron chi connectivity index (χ4n) is 3.35. The van der Waals surface area contributed by atoms with Crippen LogP contribution >= 0.6 is 0 Å². The van der Waals surface area contributed by atoms with E-state index in [2.05, 4.69) is 15.2 Å². The van der Waals surface area contributed by atoms with Gasteiger partial charge in [-0.15, -0.1) is 0 Å². The Morgan fingerprint density at radius 1 is 1.31 bits per heavy atom.